The number of amides is 3. The second kappa shape index (κ2) is 9.78. The van der Waals surface area contributed by atoms with E-state index in [0.717, 1.165) is 50.4 Å². The molecule has 5 rings (SSSR count). The van der Waals surface area contributed by atoms with Crippen molar-refractivity contribution in [2.45, 2.75) is 64.7 Å². The number of nitrogens with one attached hydrogen (secondary N) is 2. The summed E-state index contributed by atoms with van der Waals surface area (Å²) in [6, 6.07) is 0.415. The fourth-order valence-corrected chi connectivity index (χ4v) is 5.65. The van der Waals surface area contributed by atoms with Crippen LogP contribution in [0.3, 0.4) is 0 Å². The number of carbonyl (C=O) groups excluding carboxylic acids is 2. The number of H-pyrrole nitrogens is 1. The fourth-order valence-electron chi connectivity index (χ4n) is 5.65. The van der Waals surface area contributed by atoms with Crippen molar-refractivity contribution < 1.29 is 14.3 Å². The molecule has 2 aromatic heterocycles. The van der Waals surface area contributed by atoms with Crippen LogP contribution >= 0.6 is 0 Å². The van der Waals surface area contributed by atoms with Gasteiger partial charge in [0, 0.05) is 62.9 Å². The number of rotatable bonds is 4. The minimum Gasteiger partial charge on any atom is -0.381 e. The van der Waals surface area contributed by atoms with Gasteiger partial charge in [-0.25, -0.2) is 9.78 Å². The van der Waals surface area contributed by atoms with Crippen LogP contribution in [0.1, 0.15) is 62.3 Å². The molecule has 2 saturated heterocycles. The lowest BCUT2D eigenvalue weighted by molar-refractivity contribution is 0.00882. The number of hydrogen-bond donors (Lipinski definition) is 2. The van der Waals surface area contributed by atoms with Gasteiger partial charge in [-0.3, -0.25) is 19.8 Å². The van der Waals surface area contributed by atoms with Gasteiger partial charge < -0.3 is 19.9 Å². The highest BCUT2D eigenvalue weighted by molar-refractivity contribution is 6.02. The highest BCUT2D eigenvalue weighted by Crippen LogP contribution is 2.41. The Hall–Kier alpha value is -3.05. The highest BCUT2D eigenvalue weighted by atomic mass is 16.5. The Morgan fingerprint density at radius 1 is 1.17 bits per heavy atom. The van der Waals surface area contributed by atoms with E-state index < -0.39 is 5.54 Å². The summed E-state index contributed by atoms with van der Waals surface area (Å²) in [5, 5.41) is 10.2. The second-order valence-corrected chi connectivity index (χ2v) is 10.8. The van der Waals surface area contributed by atoms with Crippen molar-refractivity contribution in [3.8, 4) is 0 Å². The van der Waals surface area contributed by atoms with Gasteiger partial charge in [0.2, 0.25) is 0 Å². The van der Waals surface area contributed by atoms with Gasteiger partial charge in [0.05, 0.1) is 24.0 Å². The molecule has 0 saturated carbocycles. The Morgan fingerprint density at radius 2 is 1.94 bits per heavy atom. The first-order valence-corrected chi connectivity index (χ1v) is 12.8. The maximum Gasteiger partial charge on any atom is 0.321 e. The number of urea groups is 1. The van der Waals surface area contributed by atoms with Crippen molar-refractivity contribution in [3.05, 3.63) is 35.5 Å². The lowest BCUT2D eigenvalue weighted by Gasteiger charge is -2.47. The van der Waals surface area contributed by atoms with Gasteiger partial charge >= 0.3 is 6.03 Å². The molecule has 0 aliphatic carbocycles. The molecule has 0 aromatic carbocycles. The molecule has 36 heavy (non-hydrogen) atoms. The molecule has 2 N–H and O–H groups in total. The topological polar surface area (TPSA) is 120 Å². The number of hydrogen-bond acceptors (Lipinski definition) is 7. The third-order valence-electron chi connectivity index (χ3n) is 7.92. The Bertz CT molecular complexity index is 1100. The Balaban J connectivity index is 1.27. The van der Waals surface area contributed by atoms with Crippen molar-refractivity contribution in [1.29, 1.82) is 0 Å². The molecule has 2 aromatic rings. The summed E-state index contributed by atoms with van der Waals surface area (Å²) in [7, 11) is 0. The van der Waals surface area contributed by atoms with Gasteiger partial charge in [-0.1, -0.05) is 0 Å². The molecule has 0 unspecified atom stereocenters. The summed E-state index contributed by atoms with van der Waals surface area (Å²) >= 11 is 0. The highest BCUT2D eigenvalue weighted by Gasteiger charge is 2.47. The quantitative estimate of drug-likeness (QED) is 0.667. The normalized spacial score (nSPS) is 24.6. The summed E-state index contributed by atoms with van der Waals surface area (Å²) < 4.78 is 5.52. The van der Waals surface area contributed by atoms with Gasteiger partial charge in [0.15, 0.2) is 5.82 Å². The number of carbonyl (C=O) groups is 2. The minimum atomic E-state index is -0.586. The third-order valence-corrected chi connectivity index (χ3v) is 7.92. The maximum atomic E-state index is 13.9. The van der Waals surface area contributed by atoms with Crippen molar-refractivity contribution in [3.63, 3.8) is 0 Å². The molecular weight excluding hydrogens is 460 g/mol. The molecule has 3 amide bonds. The van der Waals surface area contributed by atoms with Crippen molar-refractivity contribution in [2.24, 2.45) is 5.92 Å². The fraction of sp³-hybridized carbons (Fsp3) is 0.640. The first kappa shape index (κ1) is 24.6. The molecule has 2 fully saturated rings. The molecule has 11 heteroatoms. The average Bonchev–Trinajstić information content (AvgIpc) is 3.39. The Kier molecular flexibility index (Phi) is 6.69. The Morgan fingerprint density at radius 3 is 2.67 bits per heavy atom. The van der Waals surface area contributed by atoms with Crippen LogP contribution in [0, 0.1) is 5.92 Å². The van der Waals surface area contributed by atoms with Crippen molar-refractivity contribution in [1.82, 2.24) is 34.9 Å². The van der Waals surface area contributed by atoms with Crippen LogP contribution in [0.15, 0.2) is 18.6 Å². The summed E-state index contributed by atoms with van der Waals surface area (Å²) in [5.41, 5.74) is 1.28. The lowest BCUT2D eigenvalue weighted by atomic mass is 9.97. The van der Waals surface area contributed by atoms with Crippen LogP contribution in [-0.4, -0.2) is 91.7 Å². The molecular formula is C25H36N8O3. The third kappa shape index (κ3) is 4.57. The zero-order valence-corrected chi connectivity index (χ0v) is 21.5. The minimum absolute atomic E-state index is 0.0147. The largest absolute Gasteiger partial charge is 0.381 e. The molecule has 0 spiro atoms. The van der Waals surface area contributed by atoms with Crippen LogP contribution in [0.4, 0.5) is 10.6 Å². The predicted molar refractivity (Wildman–Crippen MR) is 133 cm³/mol. The number of aromatic amines is 1. The van der Waals surface area contributed by atoms with E-state index in [1.54, 1.807) is 0 Å². The first-order valence-electron chi connectivity index (χ1n) is 12.8. The van der Waals surface area contributed by atoms with E-state index >= 15 is 0 Å². The van der Waals surface area contributed by atoms with E-state index in [9.17, 15) is 9.59 Å². The number of ether oxygens (including phenoxy) is 1. The van der Waals surface area contributed by atoms with E-state index in [0.29, 0.717) is 30.9 Å². The number of fused-ring (bicyclic) bond motifs is 1. The molecule has 0 bridgehead atoms. The Labute approximate surface area is 211 Å². The molecule has 11 nitrogen and oxygen atoms in total. The second-order valence-electron chi connectivity index (χ2n) is 10.8. The van der Waals surface area contributed by atoms with E-state index in [2.05, 4.69) is 44.2 Å². The van der Waals surface area contributed by atoms with Gasteiger partial charge in [0.1, 0.15) is 5.69 Å². The number of piperazine rings is 1. The van der Waals surface area contributed by atoms with Crippen LogP contribution < -0.4 is 5.32 Å². The molecule has 3 aliphatic heterocycles. The van der Waals surface area contributed by atoms with Crippen LogP contribution in [0.5, 0.6) is 0 Å². The molecule has 194 valence electrons. The summed E-state index contributed by atoms with van der Waals surface area (Å²) in [6.07, 6.45) is 6.63. The van der Waals surface area contributed by atoms with Crippen molar-refractivity contribution >= 4 is 17.8 Å². The monoisotopic (exact) mass is 496 g/mol. The van der Waals surface area contributed by atoms with E-state index in [4.69, 9.17) is 4.74 Å². The smallest absolute Gasteiger partial charge is 0.321 e. The SMILES string of the molecule is C[C@@H]1CN(C(=O)N2Cc3c(NC(=O)c4cnccn4)n[nH]c3C2(C)C)[C@@H](C)CN1CC1CCOCC1. The molecule has 5 heterocycles. The van der Waals surface area contributed by atoms with Gasteiger partial charge in [-0.2, -0.15) is 5.10 Å². The first-order chi connectivity index (χ1) is 17.3. The number of anilines is 1. The zero-order valence-electron chi connectivity index (χ0n) is 21.5. The van der Waals surface area contributed by atoms with Crippen LogP contribution in [-0.2, 0) is 16.8 Å². The predicted octanol–water partition coefficient (Wildman–Crippen LogP) is 2.44. The standard InChI is InChI=1S/C25H36N8O3/c1-16-13-32(17(2)12-31(16)14-18-5-9-36-10-6-18)24(35)33-15-19-21(25(33,3)4)29-30-22(19)28-23(34)20-11-26-7-8-27-20/h7-8,11,16-18H,5-6,9-10,12-15H2,1-4H3,(H2,28,29,30,34)/t16-,17+/m1/s1. The lowest BCUT2D eigenvalue weighted by Crippen LogP contribution is -2.62. The molecule has 3 aliphatic rings. The maximum absolute atomic E-state index is 13.9. The summed E-state index contributed by atoms with van der Waals surface area (Å²) in [5.74, 6) is 0.705. The number of aromatic nitrogens is 4. The zero-order chi connectivity index (χ0) is 25.4. The van der Waals surface area contributed by atoms with Crippen LogP contribution in [0.2, 0.25) is 0 Å². The number of nitrogens with zero attached hydrogens (tertiary/aromatic N) is 6. The average molecular weight is 497 g/mol. The van der Waals surface area contributed by atoms with E-state index in [-0.39, 0.29) is 23.7 Å². The van der Waals surface area contributed by atoms with Crippen molar-refractivity contribution in [2.75, 3.05) is 38.2 Å². The van der Waals surface area contributed by atoms with Gasteiger partial charge in [0.25, 0.3) is 5.91 Å². The van der Waals surface area contributed by atoms with Crippen LogP contribution in [0.25, 0.3) is 0 Å². The molecule has 0 radical (unpaired) electrons. The molecule has 2 atom stereocenters. The summed E-state index contributed by atoms with van der Waals surface area (Å²) in [6.45, 7) is 13.1. The van der Waals surface area contributed by atoms with E-state index in [1.807, 2.05) is 23.6 Å². The van der Waals surface area contributed by atoms with E-state index in [1.165, 1.54) is 18.6 Å². The van der Waals surface area contributed by atoms with Gasteiger partial charge in [-0.05, 0) is 46.5 Å². The summed E-state index contributed by atoms with van der Waals surface area (Å²) in [4.78, 5) is 40.9. The van der Waals surface area contributed by atoms with Gasteiger partial charge in [-0.15, -0.1) is 0 Å².